The summed E-state index contributed by atoms with van der Waals surface area (Å²) >= 11 is 0. The Morgan fingerprint density at radius 3 is 2.75 bits per heavy atom. The van der Waals surface area contributed by atoms with Gasteiger partial charge in [0.25, 0.3) is 0 Å². The molecule has 0 bridgehead atoms. The minimum atomic E-state index is -0.0924. The number of hydrogen-bond acceptors (Lipinski definition) is 4. The van der Waals surface area contributed by atoms with Crippen molar-refractivity contribution < 1.29 is 14.3 Å². The van der Waals surface area contributed by atoms with Gasteiger partial charge in [0.15, 0.2) is 0 Å². The van der Waals surface area contributed by atoms with Gasteiger partial charge < -0.3 is 15.0 Å². The fourth-order valence-corrected chi connectivity index (χ4v) is 2.15. The Bertz CT molecular complexity index is 474. The van der Waals surface area contributed by atoms with E-state index in [0.29, 0.717) is 18.7 Å². The van der Waals surface area contributed by atoms with Crippen LogP contribution in [0.15, 0.2) is 18.2 Å². The minimum absolute atomic E-state index is 0.0189. The van der Waals surface area contributed by atoms with Gasteiger partial charge in [0.05, 0.1) is 7.11 Å². The van der Waals surface area contributed by atoms with Crippen LogP contribution < -0.4 is 10.1 Å². The van der Waals surface area contributed by atoms with Crippen LogP contribution in [0.25, 0.3) is 0 Å². The first-order valence-electron chi connectivity index (χ1n) is 6.54. The Morgan fingerprint density at radius 2 is 2.20 bits per heavy atom. The second-order valence-electron chi connectivity index (χ2n) is 4.90. The van der Waals surface area contributed by atoms with Crippen LogP contribution in [0.1, 0.15) is 22.8 Å². The summed E-state index contributed by atoms with van der Waals surface area (Å²) in [5.74, 6) is 0.672. The summed E-state index contributed by atoms with van der Waals surface area (Å²) in [5.41, 5.74) is 1.55. The summed E-state index contributed by atoms with van der Waals surface area (Å²) in [6.45, 7) is 3.13. The number of methoxy groups -OCH3 is 1. The van der Waals surface area contributed by atoms with Crippen LogP contribution in [-0.4, -0.2) is 44.8 Å². The molecule has 110 valence electrons. The molecule has 0 saturated carbocycles. The molecule has 0 radical (unpaired) electrons. The van der Waals surface area contributed by atoms with Gasteiger partial charge in [-0.25, -0.2) is 0 Å². The molecular formula is C15H22N2O3. The monoisotopic (exact) mass is 278 g/mol. The van der Waals surface area contributed by atoms with Crippen LogP contribution in [-0.2, 0) is 11.3 Å². The molecule has 0 fully saturated rings. The summed E-state index contributed by atoms with van der Waals surface area (Å²) in [5, 5.41) is 2.64. The molecule has 5 heteroatoms. The molecule has 1 amide bonds. The molecule has 1 N–H and O–H groups in total. The van der Waals surface area contributed by atoms with Crippen molar-refractivity contribution >= 4 is 12.2 Å². The lowest BCUT2D eigenvalue weighted by Crippen LogP contribution is -2.34. The molecule has 1 aromatic rings. The molecule has 20 heavy (non-hydrogen) atoms. The topological polar surface area (TPSA) is 58.6 Å². The number of aldehydes is 1. The highest BCUT2D eigenvalue weighted by molar-refractivity contribution is 5.78. The van der Waals surface area contributed by atoms with Crippen LogP contribution in [0.4, 0.5) is 0 Å². The first kappa shape index (κ1) is 16.2. The second kappa shape index (κ2) is 7.65. The lowest BCUT2D eigenvalue weighted by Gasteiger charge is -2.21. The normalized spacial score (nSPS) is 12.1. The molecule has 0 aliphatic rings. The maximum atomic E-state index is 11.5. The highest BCUT2D eigenvalue weighted by Gasteiger charge is 2.15. The van der Waals surface area contributed by atoms with Gasteiger partial charge in [0.1, 0.15) is 12.0 Å². The minimum Gasteiger partial charge on any atom is -0.496 e. The fourth-order valence-electron chi connectivity index (χ4n) is 2.15. The van der Waals surface area contributed by atoms with Crippen LogP contribution in [0, 0.1) is 5.92 Å². The van der Waals surface area contributed by atoms with E-state index in [9.17, 15) is 9.59 Å². The van der Waals surface area contributed by atoms with E-state index in [-0.39, 0.29) is 11.8 Å². The number of nitrogens with zero attached hydrogens (tertiary/aromatic N) is 1. The van der Waals surface area contributed by atoms with Crippen molar-refractivity contribution in [1.29, 1.82) is 0 Å². The first-order chi connectivity index (χ1) is 9.51. The van der Waals surface area contributed by atoms with E-state index < -0.39 is 0 Å². The second-order valence-corrected chi connectivity index (χ2v) is 4.90. The molecule has 1 rings (SSSR count). The third kappa shape index (κ3) is 4.35. The van der Waals surface area contributed by atoms with E-state index >= 15 is 0 Å². The zero-order valence-electron chi connectivity index (χ0n) is 12.5. The number of carbonyl (C=O) groups excluding carboxylic acids is 2. The van der Waals surface area contributed by atoms with Gasteiger partial charge in [0.2, 0.25) is 5.91 Å². The average Bonchev–Trinajstić information content (AvgIpc) is 2.45. The number of hydrogen-bond donors (Lipinski definition) is 1. The molecule has 0 saturated heterocycles. The molecule has 5 nitrogen and oxygen atoms in total. The molecule has 1 unspecified atom stereocenters. The Morgan fingerprint density at radius 1 is 1.50 bits per heavy atom. The van der Waals surface area contributed by atoms with Crippen molar-refractivity contribution in [3.8, 4) is 5.75 Å². The maximum Gasteiger partial charge on any atom is 0.223 e. The molecule has 0 aromatic heterocycles. The summed E-state index contributed by atoms with van der Waals surface area (Å²) in [6, 6.07) is 5.32. The fraction of sp³-hybridized carbons (Fsp3) is 0.467. The van der Waals surface area contributed by atoms with Gasteiger partial charge in [-0.15, -0.1) is 0 Å². The van der Waals surface area contributed by atoms with Gasteiger partial charge in [-0.2, -0.15) is 0 Å². The molecular weight excluding hydrogens is 256 g/mol. The van der Waals surface area contributed by atoms with Crippen molar-refractivity contribution in [2.75, 3.05) is 27.7 Å². The van der Waals surface area contributed by atoms with E-state index in [1.165, 1.54) is 0 Å². The predicted octanol–water partition coefficient (Wildman–Crippen LogP) is 1.32. The summed E-state index contributed by atoms with van der Waals surface area (Å²) in [7, 11) is 5.18. The Hall–Kier alpha value is -1.88. The molecule has 0 aliphatic heterocycles. The van der Waals surface area contributed by atoms with Crippen LogP contribution >= 0.6 is 0 Å². The zero-order valence-corrected chi connectivity index (χ0v) is 12.5. The van der Waals surface area contributed by atoms with Crippen molar-refractivity contribution in [3.05, 3.63) is 29.3 Å². The van der Waals surface area contributed by atoms with Crippen LogP contribution in [0.5, 0.6) is 5.75 Å². The molecule has 1 aromatic carbocycles. The molecule has 0 aliphatic carbocycles. The zero-order chi connectivity index (χ0) is 15.1. The maximum absolute atomic E-state index is 11.5. The summed E-state index contributed by atoms with van der Waals surface area (Å²) in [6.07, 6.45) is 0.816. The summed E-state index contributed by atoms with van der Waals surface area (Å²) in [4.78, 5) is 24.4. The van der Waals surface area contributed by atoms with E-state index in [4.69, 9.17) is 4.74 Å². The Labute approximate surface area is 119 Å². The van der Waals surface area contributed by atoms with Crippen LogP contribution in [0.2, 0.25) is 0 Å². The number of ether oxygens (including phenoxy) is 1. The number of nitrogens with one attached hydrogen (secondary N) is 1. The highest BCUT2D eigenvalue weighted by Crippen LogP contribution is 2.21. The van der Waals surface area contributed by atoms with E-state index in [0.717, 1.165) is 17.6 Å². The van der Waals surface area contributed by atoms with Crippen molar-refractivity contribution in [3.63, 3.8) is 0 Å². The molecule has 0 heterocycles. The number of benzene rings is 1. The smallest absolute Gasteiger partial charge is 0.223 e. The number of amides is 1. The largest absolute Gasteiger partial charge is 0.496 e. The number of rotatable bonds is 7. The molecule has 0 spiro atoms. The van der Waals surface area contributed by atoms with Gasteiger partial charge in [0, 0.05) is 37.2 Å². The van der Waals surface area contributed by atoms with Crippen molar-refractivity contribution in [1.82, 2.24) is 10.2 Å². The van der Waals surface area contributed by atoms with Gasteiger partial charge >= 0.3 is 0 Å². The molecule has 1 atom stereocenters. The Balaban J connectivity index is 2.76. The Kier molecular flexibility index (Phi) is 6.18. The standard InChI is InChI=1S/C15H22N2O3/c1-11(15(19)16-2)8-17(3)9-13-7-12(10-18)5-6-14(13)20-4/h5-7,10-11H,8-9H2,1-4H3,(H,16,19). The third-order valence-corrected chi connectivity index (χ3v) is 3.16. The lowest BCUT2D eigenvalue weighted by atomic mass is 10.1. The third-order valence-electron chi connectivity index (χ3n) is 3.16. The van der Waals surface area contributed by atoms with E-state index in [2.05, 4.69) is 5.32 Å². The quantitative estimate of drug-likeness (QED) is 0.764. The lowest BCUT2D eigenvalue weighted by molar-refractivity contribution is -0.124. The predicted molar refractivity (Wildman–Crippen MR) is 77.9 cm³/mol. The summed E-state index contributed by atoms with van der Waals surface area (Å²) < 4.78 is 5.30. The van der Waals surface area contributed by atoms with Crippen molar-refractivity contribution in [2.45, 2.75) is 13.5 Å². The first-order valence-corrected chi connectivity index (χ1v) is 6.54. The number of carbonyl (C=O) groups is 2. The van der Waals surface area contributed by atoms with E-state index in [1.54, 1.807) is 26.3 Å². The van der Waals surface area contributed by atoms with Crippen molar-refractivity contribution in [2.24, 2.45) is 5.92 Å². The van der Waals surface area contributed by atoms with Gasteiger partial charge in [-0.3, -0.25) is 9.59 Å². The van der Waals surface area contributed by atoms with Gasteiger partial charge in [-0.05, 0) is 25.2 Å². The SMILES string of the molecule is CNC(=O)C(C)CN(C)Cc1cc(C=O)ccc1OC. The van der Waals surface area contributed by atoms with Crippen LogP contribution in [0.3, 0.4) is 0 Å². The van der Waals surface area contributed by atoms with E-state index in [1.807, 2.05) is 24.9 Å². The highest BCUT2D eigenvalue weighted by atomic mass is 16.5. The average molecular weight is 278 g/mol. The van der Waals surface area contributed by atoms with Gasteiger partial charge in [-0.1, -0.05) is 6.92 Å².